The molecule has 2 heterocycles. The van der Waals surface area contributed by atoms with Gasteiger partial charge in [0, 0.05) is 48.5 Å². The summed E-state index contributed by atoms with van der Waals surface area (Å²) in [5, 5.41) is 0. The number of ether oxygens (including phenoxy) is 1. The topological polar surface area (TPSA) is 60.8 Å². The Morgan fingerprint density at radius 3 is 1.08 bits per heavy atom. The zero-order valence-electron chi connectivity index (χ0n) is 40.4. The third-order valence-corrected chi connectivity index (χ3v) is 13.6. The van der Waals surface area contributed by atoms with Gasteiger partial charge in [0.05, 0.1) is 13.2 Å². The van der Waals surface area contributed by atoms with Gasteiger partial charge in [0.15, 0.2) is 0 Å². The molecule has 344 valence electrons. The van der Waals surface area contributed by atoms with Gasteiger partial charge in [-0.05, 0) is 109 Å². The molecule has 0 aliphatic heterocycles. The van der Waals surface area contributed by atoms with Crippen molar-refractivity contribution in [2.24, 2.45) is 0 Å². The van der Waals surface area contributed by atoms with Crippen LogP contribution in [0.4, 0.5) is 0 Å². The molecular weight excluding hydrogens is 793 g/mol. The van der Waals surface area contributed by atoms with Crippen LogP contribution < -0.4 is 0 Å². The highest BCUT2D eigenvalue weighted by Crippen LogP contribution is 2.35. The summed E-state index contributed by atoms with van der Waals surface area (Å²) in [6.07, 6.45) is 29.6. The maximum absolute atomic E-state index is 6.32. The van der Waals surface area contributed by atoms with Gasteiger partial charge in [-0.2, -0.15) is 0 Å². The molecule has 6 rings (SSSR count). The average molecular weight is 871 g/mol. The second-order valence-electron chi connectivity index (χ2n) is 18.5. The monoisotopic (exact) mass is 871 g/mol. The summed E-state index contributed by atoms with van der Waals surface area (Å²) < 4.78 is 6.32. The minimum Gasteiger partial charge on any atom is -0.372 e. The number of aryl methyl sites for hydroxylation is 2. The van der Waals surface area contributed by atoms with E-state index in [1.807, 2.05) is 0 Å². The highest BCUT2D eigenvalue weighted by molar-refractivity contribution is 5.36. The van der Waals surface area contributed by atoms with Crippen LogP contribution in [0.1, 0.15) is 210 Å². The van der Waals surface area contributed by atoms with E-state index >= 15 is 0 Å². The normalized spacial score (nSPS) is 13.4. The lowest BCUT2D eigenvalue weighted by atomic mass is 9.84. The van der Waals surface area contributed by atoms with Gasteiger partial charge in [0.2, 0.25) is 0 Å². The van der Waals surface area contributed by atoms with Crippen molar-refractivity contribution in [2.75, 3.05) is 0 Å². The zero-order chi connectivity index (χ0) is 45.3. The van der Waals surface area contributed by atoms with Gasteiger partial charge in [-0.3, -0.25) is 0 Å². The summed E-state index contributed by atoms with van der Waals surface area (Å²) >= 11 is 0. The Bertz CT molecular complexity index is 1980. The van der Waals surface area contributed by atoms with E-state index in [-0.39, 0.29) is 0 Å². The Morgan fingerprint density at radius 1 is 0.369 bits per heavy atom. The average Bonchev–Trinajstić information content (AvgIpc) is 3.36. The molecule has 5 heteroatoms. The molecular formula is C60H78N4O. The van der Waals surface area contributed by atoms with E-state index in [1.54, 1.807) is 0 Å². The van der Waals surface area contributed by atoms with Crippen LogP contribution in [0.5, 0.6) is 0 Å². The molecule has 0 saturated carbocycles. The first-order chi connectivity index (χ1) is 32.1. The Hall–Kier alpha value is -5.00. The lowest BCUT2D eigenvalue weighted by Gasteiger charge is -2.22. The largest absolute Gasteiger partial charge is 0.372 e. The van der Waals surface area contributed by atoms with Crippen LogP contribution in [-0.4, -0.2) is 19.9 Å². The third-order valence-electron chi connectivity index (χ3n) is 13.6. The number of nitrogens with zero attached hydrogens (tertiary/aromatic N) is 4. The van der Waals surface area contributed by atoms with Crippen molar-refractivity contribution in [3.05, 3.63) is 190 Å². The van der Waals surface area contributed by atoms with Crippen molar-refractivity contribution >= 4 is 0 Å². The Morgan fingerprint density at radius 2 is 0.723 bits per heavy atom. The number of aromatic nitrogens is 4. The fraction of sp³-hybridized carbons (Fsp3) is 0.467. The van der Waals surface area contributed by atoms with E-state index in [0.717, 1.165) is 63.0 Å². The van der Waals surface area contributed by atoms with Gasteiger partial charge in [0.1, 0.15) is 11.6 Å². The van der Waals surface area contributed by atoms with Gasteiger partial charge >= 0.3 is 0 Å². The summed E-state index contributed by atoms with van der Waals surface area (Å²) in [5.74, 6) is 3.29. The van der Waals surface area contributed by atoms with Crippen molar-refractivity contribution in [2.45, 2.75) is 180 Å². The number of hydrogen-bond donors (Lipinski definition) is 0. The molecule has 0 aliphatic carbocycles. The van der Waals surface area contributed by atoms with E-state index in [4.69, 9.17) is 24.7 Å². The molecule has 4 unspecified atom stereocenters. The number of hydrogen-bond acceptors (Lipinski definition) is 5. The predicted molar refractivity (Wildman–Crippen MR) is 271 cm³/mol. The van der Waals surface area contributed by atoms with Crippen LogP contribution in [0.2, 0.25) is 0 Å². The first kappa shape index (κ1) is 49.4. The lowest BCUT2D eigenvalue weighted by Crippen LogP contribution is -2.08. The second kappa shape index (κ2) is 28.1. The Labute approximate surface area is 393 Å². The molecule has 5 nitrogen and oxygen atoms in total. The van der Waals surface area contributed by atoms with E-state index < -0.39 is 0 Å². The molecule has 0 spiro atoms. The Kier molecular flexibility index (Phi) is 21.4. The molecule has 0 amide bonds. The molecule has 65 heavy (non-hydrogen) atoms. The quantitative estimate of drug-likeness (QED) is 0.0422. The minimum atomic E-state index is 0.309. The second-order valence-corrected chi connectivity index (χ2v) is 18.5. The van der Waals surface area contributed by atoms with Crippen molar-refractivity contribution in [3.8, 4) is 0 Å². The molecule has 0 aliphatic rings. The highest BCUT2D eigenvalue weighted by Gasteiger charge is 2.21. The predicted octanol–water partition coefficient (Wildman–Crippen LogP) is 16.2. The zero-order valence-corrected chi connectivity index (χ0v) is 40.4. The maximum Gasteiger partial charge on any atom is 0.131 e. The van der Waals surface area contributed by atoms with E-state index in [2.05, 4.69) is 162 Å². The maximum atomic E-state index is 6.32. The van der Waals surface area contributed by atoms with Crippen molar-refractivity contribution in [1.82, 2.24) is 19.9 Å². The standard InChI is InChI=1S/C60H78N4O/c1-5-9-11-13-17-23-49-41-61-59(62-42-49)51(7-3)37-39-57(53-25-19-15-20-26-53)55-33-29-47(30-34-55)45-65-46-48-31-35-56(36-32-48)58(54-27-21-16-22-28-54)40-38-52(8-4)60-63-43-50(44-64-60)24-18-14-12-10-6-2/h15-16,19-22,25-36,41-44,51-52,57-58H,5-14,17-18,23-24,37-40,45-46H2,1-4H3. The van der Waals surface area contributed by atoms with Crippen molar-refractivity contribution in [3.63, 3.8) is 0 Å². The number of benzene rings is 4. The first-order valence-electron chi connectivity index (χ1n) is 25.5. The van der Waals surface area contributed by atoms with Crippen LogP contribution in [0, 0.1) is 0 Å². The number of rotatable bonds is 30. The van der Waals surface area contributed by atoms with Crippen LogP contribution >= 0.6 is 0 Å². The van der Waals surface area contributed by atoms with E-state index in [9.17, 15) is 0 Å². The summed E-state index contributed by atoms with van der Waals surface area (Å²) in [4.78, 5) is 19.5. The van der Waals surface area contributed by atoms with Crippen molar-refractivity contribution < 1.29 is 4.74 Å². The van der Waals surface area contributed by atoms with Gasteiger partial charge in [-0.25, -0.2) is 19.9 Å². The van der Waals surface area contributed by atoms with E-state index in [0.29, 0.717) is 36.9 Å². The molecule has 0 saturated heterocycles. The van der Waals surface area contributed by atoms with Crippen LogP contribution in [-0.2, 0) is 30.8 Å². The fourth-order valence-electron chi connectivity index (χ4n) is 9.44. The van der Waals surface area contributed by atoms with E-state index in [1.165, 1.54) is 109 Å². The third kappa shape index (κ3) is 16.1. The van der Waals surface area contributed by atoms with Gasteiger partial charge in [-0.1, -0.05) is 188 Å². The smallest absolute Gasteiger partial charge is 0.131 e. The van der Waals surface area contributed by atoms with Gasteiger partial charge in [0.25, 0.3) is 0 Å². The minimum absolute atomic E-state index is 0.309. The van der Waals surface area contributed by atoms with Crippen LogP contribution in [0.3, 0.4) is 0 Å². The molecule has 0 N–H and O–H groups in total. The molecule has 2 aromatic heterocycles. The molecule has 6 aromatic rings. The molecule has 0 fully saturated rings. The molecule has 0 bridgehead atoms. The van der Waals surface area contributed by atoms with Crippen LogP contribution in [0.25, 0.3) is 0 Å². The molecule has 4 atom stereocenters. The van der Waals surface area contributed by atoms with Gasteiger partial charge in [-0.15, -0.1) is 0 Å². The van der Waals surface area contributed by atoms with Crippen molar-refractivity contribution in [1.29, 1.82) is 0 Å². The van der Waals surface area contributed by atoms with Gasteiger partial charge < -0.3 is 4.74 Å². The lowest BCUT2D eigenvalue weighted by molar-refractivity contribution is 0.107. The fourth-order valence-corrected chi connectivity index (χ4v) is 9.44. The highest BCUT2D eigenvalue weighted by atomic mass is 16.5. The SMILES string of the molecule is CCCCCCCc1cnc(C(CC)CCC(c2ccccc2)c2ccc(COCc3ccc(C(CCC(CC)c4ncc(CCCCCCC)cn4)c4ccccc4)cc3)cc2)nc1. The summed E-state index contributed by atoms with van der Waals surface area (Å²) in [7, 11) is 0. The Balaban J connectivity index is 1.01. The first-order valence-corrected chi connectivity index (χ1v) is 25.5. The molecule has 0 radical (unpaired) electrons. The summed E-state index contributed by atoms with van der Waals surface area (Å²) in [6, 6.07) is 40.2. The number of unbranched alkanes of at least 4 members (excludes halogenated alkanes) is 8. The summed E-state index contributed by atoms with van der Waals surface area (Å²) in [5.41, 5.74) is 10.3. The summed E-state index contributed by atoms with van der Waals surface area (Å²) in [6.45, 7) is 10.2. The van der Waals surface area contributed by atoms with Crippen LogP contribution in [0.15, 0.2) is 134 Å². The molecule has 4 aromatic carbocycles.